The van der Waals surface area contributed by atoms with Crippen molar-refractivity contribution in [2.45, 2.75) is 24.9 Å². The minimum absolute atomic E-state index is 0.145. The number of amides is 1. The molecule has 0 radical (unpaired) electrons. The highest BCUT2D eigenvalue weighted by Crippen LogP contribution is 2.41. The molecular formula is C14H18N2O6. The summed E-state index contributed by atoms with van der Waals surface area (Å²) >= 11 is 0. The van der Waals surface area contributed by atoms with Gasteiger partial charge in [-0.05, 0) is 17.7 Å². The van der Waals surface area contributed by atoms with Gasteiger partial charge in [-0.25, -0.2) is 0 Å². The fourth-order valence-electron chi connectivity index (χ4n) is 2.60. The van der Waals surface area contributed by atoms with E-state index < -0.39 is 12.1 Å². The second kappa shape index (κ2) is 6.50. The molecule has 1 heterocycles. The van der Waals surface area contributed by atoms with E-state index in [9.17, 15) is 14.9 Å². The molecule has 0 saturated carbocycles. The lowest BCUT2D eigenvalue weighted by atomic mass is 9.92. The molecule has 1 aromatic carbocycles. The highest BCUT2D eigenvalue weighted by Gasteiger charge is 2.39. The molecular weight excluding hydrogens is 292 g/mol. The van der Waals surface area contributed by atoms with Crippen LogP contribution in [0.25, 0.3) is 0 Å². The summed E-state index contributed by atoms with van der Waals surface area (Å²) in [6.45, 7) is 0. The number of hydrogen-bond donors (Lipinski definition) is 1. The average Bonchev–Trinajstić information content (AvgIpc) is 2.52. The number of methoxy groups -OCH3 is 3. The number of nitrogens with zero attached hydrogens (tertiary/aromatic N) is 1. The molecule has 8 nitrogen and oxygen atoms in total. The minimum Gasteiger partial charge on any atom is -0.493 e. The maximum Gasteiger partial charge on any atom is 0.237 e. The molecule has 1 aliphatic rings. The number of rotatable bonds is 5. The van der Waals surface area contributed by atoms with Crippen LogP contribution in [0.3, 0.4) is 0 Å². The van der Waals surface area contributed by atoms with Crippen LogP contribution in [0.5, 0.6) is 17.2 Å². The lowest BCUT2D eigenvalue weighted by Gasteiger charge is -2.27. The monoisotopic (exact) mass is 310 g/mol. The highest BCUT2D eigenvalue weighted by atomic mass is 16.6. The number of piperidine rings is 1. The summed E-state index contributed by atoms with van der Waals surface area (Å²) in [7, 11) is 4.40. The Hall–Kier alpha value is -2.51. The van der Waals surface area contributed by atoms with E-state index in [2.05, 4.69) is 5.32 Å². The number of nitro groups is 1. The number of nitrogens with one attached hydrogen (secondary N) is 1. The molecule has 1 aliphatic heterocycles. The third-order valence-corrected chi connectivity index (χ3v) is 3.69. The first-order chi connectivity index (χ1) is 10.5. The van der Waals surface area contributed by atoms with Gasteiger partial charge in [0.25, 0.3) is 0 Å². The van der Waals surface area contributed by atoms with E-state index in [0.717, 1.165) is 0 Å². The van der Waals surface area contributed by atoms with Gasteiger partial charge >= 0.3 is 0 Å². The zero-order valence-corrected chi connectivity index (χ0v) is 12.6. The molecule has 2 atom stereocenters. The van der Waals surface area contributed by atoms with E-state index in [1.807, 2.05) is 0 Å². The van der Waals surface area contributed by atoms with Gasteiger partial charge in [-0.1, -0.05) is 0 Å². The van der Waals surface area contributed by atoms with E-state index in [1.165, 1.54) is 21.3 Å². The van der Waals surface area contributed by atoms with Crippen LogP contribution in [0.1, 0.15) is 24.4 Å². The fourth-order valence-corrected chi connectivity index (χ4v) is 2.60. The molecule has 0 spiro atoms. The quantitative estimate of drug-likeness (QED) is 0.650. The maximum absolute atomic E-state index is 11.6. The van der Waals surface area contributed by atoms with Crippen LogP contribution in [0, 0.1) is 10.1 Å². The lowest BCUT2D eigenvalue weighted by molar-refractivity contribution is -0.529. The normalized spacial score (nSPS) is 21.0. The number of ether oxygens (including phenoxy) is 3. The lowest BCUT2D eigenvalue weighted by Crippen LogP contribution is -2.45. The third kappa shape index (κ3) is 2.90. The van der Waals surface area contributed by atoms with Gasteiger partial charge in [0.2, 0.25) is 17.7 Å². The smallest absolute Gasteiger partial charge is 0.237 e. The van der Waals surface area contributed by atoms with Gasteiger partial charge in [-0.15, -0.1) is 0 Å². The number of carbonyl (C=O) groups is 1. The maximum atomic E-state index is 11.6. The van der Waals surface area contributed by atoms with Crippen LogP contribution >= 0.6 is 0 Å². The second-order valence-electron chi connectivity index (χ2n) is 4.90. The van der Waals surface area contributed by atoms with Crippen molar-refractivity contribution in [2.24, 2.45) is 0 Å². The summed E-state index contributed by atoms with van der Waals surface area (Å²) in [5.74, 6) is 0.961. The minimum atomic E-state index is -0.888. The molecule has 0 bridgehead atoms. The Morgan fingerprint density at radius 3 is 2.23 bits per heavy atom. The summed E-state index contributed by atoms with van der Waals surface area (Å²) in [5, 5.41) is 13.9. The van der Waals surface area contributed by atoms with E-state index in [0.29, 0.717) is 22.8 Å². The van der Waals surface area contributed by atoms with Crippen molar-refractivity contribution in [1.29, 1.82) is 0 Å². The molecule has 8 heteroatoms. The molecule has 2 rings (SSSR count). The Kier molecular flexibility index (Phi) is 4.69. The summed E-state index contributed by atoms with van der Waals surface area (Å²) < 4.78 is 15.7. The molecule has 120 valence electrons. The van der Waals surface area contributed by atoms with Gasteiger partial charge in [-0.3, -0.25) is 14.9 Å². The first kappa shape index (κ1) is 15.9. The molecule has 0 aromatic heterocycles. The largest absolute Gasteiger partial charge is 0.493 e. The van der Waals surface area contributed by atoms with Gasteiger partial charge in [0.1, 0.15) is 6.04 Å². The van der Waals surface area contributed by atoms with Crippen molar-refractivity contribution >= 4 is 5.91 Å². The number of benzene rings is 1. The van der Waals surface area contributed by atoms with Crippen molar-refractivity contribution in [2.75, 3.05) is 21.3 Å². The first-order valence-corrected chi connectivity index (χ1v) is 6.74. The topological polar surface area (TPSA) is 99.9 Å². The Labute approximate surface area is 127 Å². The van der Waals surface area contributed by atoms with Crippen LogP contribution in [0.4, 0.5) is 0 Å². The van der Waals surface area contributed by atoms with E-state index >= 15 is 0 Å². The van der Waals surface area contributed by atoms with E-state index in [4.69, 9.17) is 14.2 Å². The van der Waals surface area contributed by atoms with Crippen LogP contribution < -0.4 is 19.5 Å². The predicted octanol–water partition coefficient (Wildman–Crippen LogP) is 1.31. The van der Waals surface area contributed by atoms with Gasteiger partial charge in [-0.2, -0.15) is 0 Å². The number of hydrogen-bond acceptors (Lipinski definition) is 6. The van der Waals surface area contributed by atoms with Crippen LogP contribution in [0.2, 0.25) is 0 Å². The van der Waals surface area contributed by atoms with Gasteiger partial charge in [0, 0.05) is 17.8 Å². The van der Waals surface area contributed by atoms with E-state index in [1.54, 1.807) is 12.1 Å². The first-order valence-electron chi connectivity index (χ1n) is 6.74. The molecule has 1 aromatic rings. The SMILES string of the molecule is COc1cc([C@@H]2NC(=O)CC[C@@H]2[N+](=O)[O-])cc(OC)c1OC. The molecule has 1 fully saturated rings. The Balaban J connectivity index is 2.49. The van der Waals surface area contributed by atoms with Crippen molar-refractivity contribution in [3.8, 4) is 17.2 Å². The highest BCUT2D eigenvalue weighted by molar-refractivity contribution is 5.77. The van der Waals surface area contributed by atoms with Crippen molar-refractivity contribution in [1.82, 2.24) is 5.32 Å². The second-order valence-corrected chi connectivity index (χ2v) is 4.90. The predicted molar refractivity (Wildman–Crippen MR) is 77.0 cm³/mol. The van der Waals surface area contributed by atoms with Crippen LogP contribution in [0.15, 0.2) is 12.1 Å². The molecule has 0 unspecified atom stereocenters. The summed E-state index contributed by atoms with van der Waals surface area (Å²) in [5.41, 5.74) is 0.546. The molecule has 1 saturated heterocycles. The van der Waals surface area contributed by atoms with Crippen molar-refractivity contribution in [3.63, 3.8) is 0 Å². The third-order valence-electron chi connectivity index (χ3n) is 3.69. The van der Waals surface area contributed by atoms with Crippen LogP contribution in [-0.4, -0.2) is 38.2 Å². The Morgan fingerprint density at radius 1 is 1.18 bits per heavy atom. The Morgan fingerprint density at radius 2 is 1.77 bits per heavy atom. The summed E-state index contributed by atoms with van der Waals surface area (Å²) in [4.78, 5) is 22.5. The molecule has 1 N–H and O–H groups in total. The van der Waals surface area contributed by atoms with E-state index in [-0.39, 0.29) is 23.7 Å². The van der Waals surface area contributed by atoms with Gasteiger partial charge < -0.3 is 19.5 Å². The van der Waals surface area contributed by atoms with Gasteiger partial charge in [0.05, 0.1) is 21.3 Å². The Bertz CT molecular complexity index is 564. The standard InChI is InChI=1S/C14H18N2O6/c1-20-10-6-8(7-11(21-2)14(10)22-3)13-9(16(18)19)4-5-12(17)15-13/h6-7,9,13H,4-5H2,1-3H3,(H,15,17)/t9-,13-/m0/s1. The van der Waals surface area contributed by atoms with Crippen LogP contribution in [-0.2, 0) is 4.79 Å². The van der Waals surface area contributed by atoms with Crippen molar-refractivity contribution < 1.29 is 23.9 Å². The van der Waals surface area contributed by atoms with Gasteiger partial charge in [0.15, 0.2) is 11.5 Å². The zero-order valence-electron chi connectivity index (χ0n) is 12.6. The fraction of sp³-hybridized carbons (Fsp3) is 0.500. The average molecular weight is 310 g/mol. The zero-order chi connectivity index (χ0) is 16.3. The summed E-state index contributed by atoms with van der Waals surface area (Å²) in [6, 6.07) is 1.62. The molecule has 22 heavy (non-hydrogen) atoms. The number of carbonyl (C=O) groups excluding carboxylic acids is 1. The molecule has 0 aliphatic carbocycles. The molecule has 1 amide bonds. The summed E-state index contributed by atoms with van der Waals surface area (Å²) in [6.07, 6.45) is 0.340. The van der Waals surface area contributed by atoms with Crippen molar-refractivity contribution in [3.05, 3.63) is 27.8 Å².